The summed E-state index contributed by atoms with van der Waals surface area (Å²) in [6.07, 6.45) is 1.43. The number of anilines is 2. The number of aliphatic imine (C=N–C) groups is 1. The molecule has 2 amide bonds. The number of hydrogen-bond donors (Lipinski definition) is 2. The first-order chi connectivity index (χ1) is 15.4. The summed E-state index contributed by atoms with van der Waals surface area (Å²) in [6.45, 7) is 1.64. The lowest BCUT2D eigenvalue weighted by molar-refractivity contribution is 0.102. The van der Waals surface area contributed by atoms with Crippen molar-refractivity contribution in [3.63, 3.8) is 0 Å². The van der Waals surface area contributed by atoms with Crippen molar-refractivity contribution < 1.29 is 9.59 Å². The second kappa shape index (κ2) is 10.5. The van der Waals surface area contributed by atoms with Crippen molar-refractivity contribution in [3.8, 4) is 0 Å². The molecule has 4 rings (SSSR count). The summed E-state index contributed by atoms with van der Waals surface area (Å²) < 4.78 is 0. The van der Waals surface area contributed by atoms with Crippen LogP contribution in [0.1, 0.15) is 33.7 Å². The Bertz CT molecular complexity index is 1190. The number of carbonyl (C=O) groups excluding carboxylic acids is 2. The molecule has 9 heteroatoms. The Morgan fingerprint density at radius 2 is 1.67 bits per heavy atom. The molecule has 2 N–H and O–H groups in total. The van der Waals surface area contributed by atoms with Gasteiger partial charge in [-0.15, -0.1) is 0 Å². The van der Waals surface area contributed by atoms with Gasteiger partial charge in [0.05, 0.1) is 22.8 Å². The van der Waals surface area contributed by atoms with Crippen molar-refractivity contribution in [1.82, 2.24) is 9.88 Å². The topological polar surface area (TPSA) is 86.7 Å². The van der Waals surface area contributed by atoms with Gasteiger partial charge in [-0.1, -0.05) is 42.8 Å². The van der Waals surface area contributed by atoms with E-state index in [0.717, 1.165) is 24.5 Å². The van der Waals surface area contributed by atoms with Crippen LogP contribution in [0.15, 0.2) is 65.8 Å². The number of amidine groups is 1. The van der Waals surface area contributed by atoms with Gasteiger partial charge in [0.25, 0.3) is 11.8 Å². The van der Waals surface area contributed by atoms with E-state index in [9.17, 15) is 9.59 Å². The number of nitrogens with one attached hydrogen (secondary N) is 2. The SMILES string of the molecule is C.CN1CCN=C1c1ccc(C(=O)Nc2ccc(Cl)cc2C(=O)Nc2ccc(Cl)cn2)cc1. The molecule has 0 bridgehead atoms. The van der Waals surface area contributed by atoms with Gasteiger partial charge >= 0.3 is 0 Å². The highest BCUT2D eigenvalue weighted by atomic mass is 35.5. The molecule has 0 atom stereocenters. The van der Waals surface area contributed by atoms with Gasteiger partial charge in [0.15, 0.2) is 0 Å². The number of benzene rings is 2. The molecule has 0 unspecified atom stereocenters. The zero-order chi connectivity index (χ0) is 22.7. The number of carbonyl (C=O) groups is 2. The first kappa shape index (κ1) is 24.2. The summed E-state index contributed by atoms with van der Waals surface area (Å²) in [5, 5.41) is 6.28. The van der Waals surface area contributed by atoms with E-state index in [1.54, 1.807) is 36.4 Å². The van der Waals surface area contributed by atoms with Crippen LogP contribution in [0, 0.1) is 0 Å². The third-order valence-electron chi connectivity index (χ3n) is 4.91. The Hall–Kier alpha value is -3.42. The third kappa shape index (κ3) is 5.69. The average molecular weight is 484 g/mol. The molecule has 1 aromatic heterocycles. The number of pyridine rings is 1. The van der Waals surface area contributed by atoms with E-state index in [0.29, 0.717) is 27.1 Å². The molecule has 0 radical (unpaired) electrons. The molecule has 3 aromatic rings. The van der Waals surface area contributed by atoms with Crippen molar-refractivity contribution >= 4 is 52.4 Å². The van der Waals surface area contributed by atoms with Crippen LogP contribution in [0.4, 0.5) is 11.5 Å². The zero-order valence-corrected chi connectivity index (χ0v) is 18.6. The summed E-state index contributed by atoms with van der Waals surface area (Å²) in [6, 6.07) is 15.0. The smallest absolute Gasteiger partial charge is 0.258 e. The Morgan fingerprint density at radius 3 is 2.30 bits per heavy atom. The van der Waals surface area contributed by atoms with E-state index in [2.05, 4.69) is 25.5 Å². The highest BCUT2D eigenvalue weighted by Crippen LogP contribution is 2.23. The second-order valence-corrected chi connectivity index (χ2v) is 8.04. The maximum atomic E-state index is 12.8. The normalized spacial score (nSPS) is 12.6. The molecule has 2 aromatic carbocycles. The number of hydrogen-bond acceptors (Lipinski definition) is 5. The average Bonchev–Trinajstić information content (AvgIpc) is 3.22. The van der Waals surface area contributed by atoms with Crippen LogP contribution in [-0.4, -0.2) is 47.7 Å². The van der Waals surface area contributed by atoms with E-state index < -0.39 is 5.91 Å². The predicted octanol–water partition coefficient (Wildman–Crippen LogP) is 5.22. The quantitative estimate of drug-likeness (QED) is 0.520. The van der Waals surface area contributed by atoms with Gasteiger partial charge in [-0.2, -0.15) is 0 Å². The minimum Gasteiger partial charge on any atom is -0.358 e. The molecule has 7 nitrogen and oxygen atoms in total. The molecule has 1 aliphatic rings. The standard InChI is InChI=1S/C23H19Cl2N5O2.CH4/c1-30-11-10-26-21(30)14-2-4-15(5-3-14)22(31)28-19-8-6-16(24)12-18(19)23(32)29-20-9-7-17(25)13-27-20;/h2-9,12-13H,10-11H2,1H3,(H,28,31)(H,27,29,32);1H4. The predicted molar refractivity (Wildman–Crippen MR) is 134 cm³/mol. The van der Waals surface area contributed by atoms with E-state index >= 15 is 0 Å². The minimum atomic E-state index is -0.463. The molecule has 0 aliphatic carbocycles. The van der Waals surface area contributed by atoms with Crippen LogP contribution >= 0.6 is 23.2 Å². The second-order valence-electron chi connectivity index (χ2n) is 7.16. The molecular formula is C24H23Cl2N5O2. The Kier molecular flexibility index (Phi) is 7.68. The van der Waals surface area contributed by atoms with E-state index in [1.165, 1.54) is 12.3 Å². The maximum absolute atomic E-state index is 12.8. The molecular weight excluding hydrogens is 461 g/mol. The largest absolute Gasteiger partial charge is 0.358 e. The fourth-order valence-corrected chi connectivity index (χ4v) is 3.54. The summed E-state index contributed by atoms with van der Waals surface area (Å²) in [4.78, 5) is 36.2. The van der Waals surface area contributed by atoms with Crippen LogP contribution in [0.2, 0.25) is 10.0 Å². The van der Waals surface area contributed by atoms with Crippen LogP contribution in [0.25, 0.3) is 0 Å². The van der Waals surface area contributed by atoms with E-state index in [4.69, 9.17) is 23.2 Å². The van der Waals surface area contributed by atoms with Crippen LogP contribution in [0.5, 0.6) is 0 Å². The molecule has 0 saturated carbocycles. The molecule has 0 saturated heterocycles. The van der Waals surface area contributed by atoms with Gasteiger partial charge in [-0.3, -0.25) is 14.6 Å². The summed E-state index contributed by atoms with van der Waals surface area (Å²) in [5.74, 6) is 0.422. The van der Waals surface area contributed by atoms with Gasteiger partial charge < -0.3 is 15.5 Å². The molecule has 33 heavy (non-hydrogen) atoms. The molecule has 2 heterocycles. The fraction of sp³-hybridized carbons (Fsp3) is 0.167. The van der Waals surface area contributed by atoms with Gasteiger partial charge in [0.1, 0.15) is 11.7 Å². The van der Waals surface area contributed by atoms with E-state index in [1.807, 2.05) is 19.2 Å². The minimum absolute atomic E-state index is 0. The Labute approximate surface area is 202 Å². The number of aromatic nitrogens is 1. The maximum Gasteiger partial charge on any atom is 0.258 e. The zero-order valence-electron chi connectivity index (χ0n) is 17.1. The van der Waals surface area contributed by atoms with Crippen molar-refractivity contribution in [2.24, 2.45) is 4.99 Å². The number of halogens is 2. The molecule has 0 fully saturated rings. The highest BCUT2D eigenvalue weighted by molar-refractivity contribution is 6.31. The Morgan fingerprint density at radius 1 is 0.939 bits per heavy atom. The van der Waals surface area contributed by atoms with Crippen molar-refractivity contribution in [3.05, 3.63) is 87.5 Å². The first-order valence-corrected chi connectivity index (χ1v) is 10.6. The van der Waals surface area contributed by atoms with Crippen molar-refractivity contribution in [2.75, 3.05) is 30.8 Å². The number of amides is 2. The lowest BCUT2D eigenvalue weighted by Gasteiger charge is -2.14. The summed E-state index contributed by atoms with van der Waals surface area (Å²) in [7, 11) is 1.99. The van der Waals surface area contributed by atoms with Crippen LogP contribution in [0.3, 0.4) is 0 Å². The lowest BCUT2D eigenvalue weighted by atomic mass is 10.1. The van der Waals surface area contributed by atoms with E-state index in [-0.39, 0.29) is 18.9 Å². The first-order valence-electron chi connectivity index (χ1n) is 9.80. The molecule has 1 aliphatic heterocycles. The number of likely N-dealkylation sites (N-methyl/N-ethyl adjacent to an activating group) is 1. The van der Waals surface area contributed by atoms with Gasteiger partial charge in [0, 0.05) is 35.9 Å². The van der Waals surface area contributed by atoms with Crippen LogP contribution in [-0.2, 0) is 0 Å². The molecule has 170 valence electrons. The van der Waals surface area contributed by atoms with Crippen molar-refractivity contribution in [1.29, 1.82) is 0 Å². The Balaban J connectivity index is 0.00000306. The summed E-state index contributed by atoms with van der Waals surface area (Å²) >= 11 is 11.9. The number of nitrogens with zero attached hydrogens (tertiary/aromatic N) is 3. The molecule has 0 spiro atoms. The van der Waals surface area contributed by atoms with Crippen LogP contribution < -0.4 is 10.6 Å². The van der Waals surface area contributed by atoms with Crippen molar-refractivity contribution in [2.45, 2.75) is 7.43 Å². The highest BCUT2D eigenvalue weighted by Gasteiger charge is 2.18. The lowest BCUT2D eigenvalue weighted by Crippen LogP contribution is -2.23. The van der Waals surface area contributed by atoms with Gasteiger partial charge in [-0.25, -0.2) is 4.98 Å². The van der Waals surface area contributed by atoms with Gasteiger partial charge in [0.2, 0.25) is 0 Å². The number of rotatable bonds is 5. The summed E-state index contributed by atoms with van der Waals surface area (Å²) in [5.41, 5.74) is 1.94. The van der Waals surface area contributed by atoms with Gasteiger partial charge in [-0.05, 0) is 42.5 Å². The fourth-order valence-electron chi connectivity index (χ4n) is 3.26. The monoisotopic (exact) mass is 483 g/mol. The third-order valence-corrected chi connectivity index (χ3v) is 5.37.